The van der Waals surface area contributed by atoms with Gasteiger partial charge in [-0.2, -0.15) is 0 Å². The van der Waals surface area contributed by atoms with Crippen molar-refractivity contribution in [1.82, 2.24) is 10.2 Å². The number of nitrogens with one attached hydrogen (secondary N) is 1. The summed E-state index contributed by atoms with van der Waals surface area (Å²) >= 11 is 0. The van der Waals surface area contributed by atoms with Crippen LogP contribution in [-0.4, -0.2) is 154 Å². The average molecular weight is 981 g/mol. The number of carbonyl (C=O) groups is 4. The zero-order valence-electron chi connectivity index (χ0n) is 41.6. The predicted molar refractivity (Wildman–Crippen MR) is 259 cm³/mol. The van der Waals surface area contributed by atoms with Gasteiger partial charge in [-0.1, -0.05) is 100 Å². The Balaban J connectivity index is 1.40. The van der Waals surface area contributed by atoms with Crippen molar-refractivity contribution >= 4 is 29.8 Å². The molecule has 0 radical (unpaired) electrons. The van der Waals surface area contributed by atoms with Gasteiger partial charge >= 0.3 is 11.9 Å². The Morgan fingerprint density at radius 1 is 0.900 bits per heavy atom. The number of unbranched alkanes of at least 4 members (excludes halogenated alkanes) is 4. The van der Waals surface area contributed by atoms with Crippen molar-refractivity contribution in [1.29, 1.82) is 0 Å². The molecule has 70 heavy (non-hydrogen) atoms. The van der Waals surface area contributed by atoms with Crippen LogP contribution in [0.3, 0.4) is 0 Å². The van der Waals surface area contributed by atoms with E-state index in [0.29, 0.717) is 18.4 Å². The van der Waals surface area contributed by atoms with Crippen molar-refractivity contribution in [3.05, 3.63) is 89.0 Å². The molecule has 10 atom stereocenters. The van der Waals surface area contributed by atoms with Gasteiger partial charge in [-0.3, -0.25) is 14.4 Å². The summed E-state index contributed by atoms with van der Waals surface area (Å²) in [6.45, 7) is 8.32. The summed E-state index contributed by atoms with van der Waals surface area (Å²) < 4.78 is 36.6. The highest BCUT2D eigenvalue weighted by Crippen LogP contribution is 2.43. The molecule has 6 N–H and O–H groups in total. The standard InChI is InChI=1S/C53H76N2O15/c1-7-9-16-26-53(27-17-10-8-2)68-41-31-36(49(63)55(6)39(29-34-19-12-11-13-20-34)48(62)54-37(32-56)24-25-43(58)69-52(3,4)5)30-40(47(41)70-53)66-50(64)38-23-15-14-21-35(38)22-18-28-65-51-46(61)45(60)44(59)42(33-57)67-51/h11-15,18-23,31,37,39-42,44-47,51,56-57,59-61H,7-10,16-17,24-30,32-33H2,1-6H3,(H,54,62)/t37-,39+,40+,41+,42+,44-,45-,46+,47-,51-/m0/s1. The lowest BCUT2D eigenvalue weighted by atomic mass is 9.90. The number of nitrogens with zero attached hydrogens (tertiary/aromatic N) is 1. The first kappa shape index (κ1) is 56.4. The van der Waals surface area contributed by atoms with E-state index in [1.165, 1.54) is 11.9 Å². The second-order valence-corrected chi connectivity index (χ2v) is 19.5. The van der Waals surface area contributed by atoms with Crippen molar-refractivity contribution in [3.8, 4) is 0 Å². The summed E-state index contributed by atoms with van der Waals surface area (Å²) in [5.41, 5.74) is 1.00. The number of carbonyl (C=O) groups excluding carboxylic acids is 4. The van der Waals surface area contributed by atoms with Crippen LogP contribution in [0.15, 0.2) is 72.3 Å². The first-order valence-electron chi connectivity index (χ1n) is 24.8. The lowest BCUT2D eigenvalue weighted by Crippen LogP contribution is -2.59. The van der Waals surface area contributed by atoms with Crippen molar-refractivity contribution in [2.75, 3.05) is 26.9 Å². The van der Waals surface area contributed by atoms with Gasteiger partial charge in [0, 0.05) is 44.7 Å². The smallest absolute Gasteiger partial charge is 0.339 e. The third kappa shape index (κ3) is 15.7. The normalized spacial score (nSPS) is 25.1. The summed E-state index contributed by atoms with van der Waals surface area (Å²) in [4.78, 5) is 57.3. The fourth-order valence-electron chi connectivity index (χ4n) is 8.95. The first-order valence-corrected chi connectivity index (χ1v) is 24.8. The molecule has 2 aromatic rings. The fourth-order valence-corrected chi connectivity index (χ4v) is 8.95. The van der Waals surface area contributed by atoms with Gasteiger partial charge < -0.3 is 64.2 Å². The third-order valence-corrected chi connectivity index (χ3v) is 12.8. The Morgan fingerprint density at radius 2 is 1.57 bits per heavy atom. The van der Waals surface area contributed by atoms with Gasteiger partial charge in [0.1, 0.15) is 54.4 Å². The molecule has 2 heterocycles. The van der Waals surface area contributed by atoms with Crippen LogP contribution in [0, 0.1) is 0 Å². The van der Waals surface area contributed by atoms with Crippen molar-refractivity contribution in [3.63, 3.8) is 0 Å². The van der Waals surface area contributed by atoms with E-state index in [1.807, 2.05) is 30.3 Å². The number of rotatable bonds is 25. The highest BCUT2D eigenvalue weighted by molar-refractivity contribution is 5.98. The molecule has 2 saturated heterocycles. The Bertz CT molecular complexity index is 2040. The molecule has 5 rings (SSSR count). The van der Waals surface area contributed by atoms with Crippen LogP contribution >= 0.6 is 0 Å². The molecule has 2 aromatic carbocycles. The molecule has 2 amide bonds. The van der Waals surface area contributed by atoms with E-state index < -0.39 is 109 Å². The molecule has 2 aliphatic heterocycles. The van der Waals surface area contributed by atoms with E-state index in [-0.39, 0.29) is 43.4 Å². The van der Waals surface area contributed by atoms with Crippen LogP contribution < -0.4 is 5.32 Å². The number of ether oxygens (including phenoxy) is 6. The number of aliphatic hydroxyl groups excluding tert-OH is 5. The molecule has 3 aliphatic rings. The van der Waals surface area contributed by atoms with Crippen molar-refractivity contribution in [2.45, 2.75) is 184 Å². The first-order chi connectivity index (χ1) is 33.4. The number of hydrogen-bond donors (Lipinski definition) is 6. The number of likely N-dealkylation sites (N-methyl/N-ethyl adjacent to an activating group) is 1. The summed E-state index contributed by atoms with van der Waals surface area (Å²) in [5.74, 6) is -3.17. The molecule has 0 bridgehead atoms. The number of benzene rings is 2. The number of aliphatic hydroxyl groups is 5. The van der Waals surface area contributed by atoms with E-state index in [2.05, 4.69) is 19.2 Å². The highest BCUT2D eigenvalue weighted by atomic mass is 16.8. The Morgan fingerprint density at radius 3 is 2.21 bits per heavy atom. The van der Waals surface area contributed by atoms with Crippen molar-refractivity contribution in [2.24, 2.45) is 0 Å². The molecule has 0 saturated carbocycles. The second kappa shape index (κ2) is 26.8. The van der Waals surface area contributed by atoms with Crippen LogP contribution in [0.1, 0.15) is 127 Å². The maximum atomic E-state index is 14.9. The van der Waals surface area contributed by atoms with E-state index in [1.54, 1.807) is 63.3 Å². The highest BCUT2D eigenvalue weighted by Gasteiger charge is 2.53. The average Bonchev–Trinajstić information content (AvgIpc) is 3.71. The Hall–Kier alpha value is -4.56. The van der Waals surface area contributed by atoms with Crippen LogP contribution in [0.5, 0.6) is 0 Å². The largest absolute Gasteiger partial charge is 0.460 e. The number of hydrogen-bond acceptors (Lipinski definition) is 15. The van der Waals surface area contributed by atoms with Crippen molar-refractivity contribution < 1.29 is 73.1 Å². The maximum Gasteiger partial charge on any atom is 0.339 e. The Kier molecular flexibility index (Phi) is 21.5. The van der Waals surface area contributed by atoms with E-state index >= 15 is 0 Å². The number of fused-ring (bicyclic) bond motifs is 1. The van der Waals surface area contributed by atoms with Gasteiger partial charge in [0.05, 0.1) is 31.4 Å². The van der Waals surface area contributed by atoms with E-state index in [4.69, 9.17) is 28.4 Å². The summed E-state index contributed by atoms with van der Waals surface area (Å²) in [7, 11) is 1.54. The van der Waals surface area contributed by atoms with Gasteiger partial charge in [0.2, 0.25) is 11.8 Å². The van der Waals surface area contributed by atoms with Gasteiger partial charge in [-0.15, -0.1) is 0 Å². The van der Waals surface area contributed by atoms with Gasteiger partial charge in [-0.25, -0.2) is 4.79 Å². The van der Waals surface area contributed by atoms with Crippen LogP contribution in [0.4, 0.5) is 0 Å². The molecule has 0 aromatic heterocycles. The lowest BCUT2D eigenvalue weighted by molar-refractivity contribution is -0.298. The molecule has 1 aliphatic carbocycles. The molecule has 0 spiro atoms. The molecule has 0 unspecified atom stereocenters. The van der Waals surface area contributed by atoms with E-state index in [9.17, 15) is 44.7 Å². The molecule has 17 heteroatoms. The fraction of sp³-hybridized carbons (Fsp3) is 0.623. The van der Waals surface area contributed by atoms with Crippen LogP contribution in [0.2, 0.25) is 0 Å². The molecular formula is C53H76N2O15. The zero-order valence-corrected chi connectivity index (χ0v) is 41.6. The summed E-state index contributed by atoms with van der Waals surface area (Å²) in [6, 6.07) is 14.1. The van der Waals surface area contributed by atoms with Gasteiger partial charge in [-0.05, 0) is 63.3 Å². The zero-order chi connectivity index (χ0) is 51.0. The third-order valence-electron chi connectivity index (χ3n) is 12.8. The summed E-state index contributed by atoms with van der Waals surface area (Å²) in [6.07, 6.45) is 2.12. The van der Waals surface area contributed by atoms with Gasteiger partial charge in [0.25, 0.3) is 0 Å². The lowest BCUT2D eigenvalue weighted by Gasteiger charge is -2.39. The maximum absolute atomic E-state index is 14.9. The van der Waals surface area contributed by atoms with Crippen LogP contribution in [-0.2, 0) is 49.2 Å². The number of esters is 2. The minimum Gasteiger partial charge on any atom is -0.460 e. The molecule has 2 fully saturated rings. The monoisotopic (exact) mass is 981 g/mol. The topological polar surface area (TPSA) is 240 Å². The Labute approximate surface area is 412 Å². The molecular weight excluding hydrogens is 905 g/mol. The van der Waals surface area contributed by atoms with Gasteiger partial charge in [0.15, 0.2) is 12.1 Å². The number of amides is 2. The quantitative estimate of drug-likeness (QED) is 0.0585. The van der Waals surface area contributed by atoms with E-state index in [0.717, 1.165) is 44.1 Å². The SMILES string of the molecule is CCCCCC1(CCCCC)O[C@@H]2[C@@H](C=C(C(=O)N(C)[C@H](Cc3ccccc3)C(=O)N[C@H](CO)CCC(=O)OC(C)(C)C)C[C@H]2OC(=O)c2ccccc2C=CCO[C@H]2O[C@H](CO)[C@H](O)[C@H](O)[C@H]2O)O1. The summed E-state index contributed by atoms with van der Waals surface area (Å²) in [5, 5.41) is 53.4. The molecule has 388 valence electrons. The minimum atomic E-state index is -1.60. The molecule has 17 nitrogen and oxygen atoms in total. The minimum absolute atomic E-state index is 0.0440. The van der Waals surface area contributed by atoms with Crippen LogP contribution in [0.25, 0.3) is 6.08 Å². The second-order valence-electron chi connectivity index (χ2n) is 19.5. The predicted octanol–water partition coefficient (Wildman–Crippen LogP) is 4.68.